The highest BCUT2D eigenvalue weighted by atomic mass is 16.5. The van der Waals surface area contributed by atoms with Gasteiger partial charge in [0.1, 0.15) is 0 Å². The summed E-state index contributed by atoms with van der Waals surface area (Å²) in [7, 11) is 0. The maximum Gasteiger partial charge on any atom is 0.0703 e. The van der Waals surface area contributed by atoms with Crippen molar-refractivity contribution in [1.82, 2.24) is 0 Å². The molecule has 80 valence electrons. The molecule has 0 bridgehead atoms. The third-order valence-electron chi connectivity index (χ3n) is 1.92. The van der Waals surface area contributed by atoms with Gasteiger partial charge in [-0.3, -0.25) is 0 Å². The van der Waals surface area contributed by atoms with E-state index in [4.69, 9.17) is 15.2 Å². The van der Waals surface area contributed by atoms with Gasteiger partial charge in [-0.2, -0.15) is 0 Å². The van der Waals surface area contributed by atoms with E-state index in [0.717, 1.165) is 6.42 Å². The molecule has 0 fully saturated rings. The SMILES string of the molecule is CCC(C)(N)COCCOC(C)C. The lowest BCUT2D eigenvalue weighted by Gasteiger charge is -2.22. The molecule has 0 aromatic heterocycles. The van der Waals surface area contributed by atoms with E-state index in [2.05, 4.69) is 6.92 Å². The molecule has 0 radical (unpaired) electrons. The molecule has 0 rings (SSSR count). The summed E-state index contributed by atoms with van der Waals surface area (Å²) in [6.07, 6.45) is 1.21. The van der Waals surface area contributed by atoms with Crippen molar-refractivity contribution < 1.29 is 9.47 Å². The van der Waals surface area contributed by atoms with Crippen LogP contribution in [0.25, 0.3) is 0 Å². The molecule has 1 unspecified atom stereocenters. The average Bonchev–Trinajstić information content (AvgIpc) is 2.03. The summed E-state index contributed by atoms with van der Waals surface area (Å²) in [4.78, 5) is 0. The first-order valence-electron chi connectivity index (χ1n) is 4.96. The Bertz CT molecular complexity index is 124. The molecule has 0 aliphatic rings. The lowest BCUT2D eigenvalue weighted by atomic mass is 10.0. The van der Waals surface area contributed by atoms with Gasteiger partial charge < -0.3 is 15.2 Å². The van der Waals surface area contributed by atoms with Crippen LogP contribution in [0, 0.1) is 0 Å². The quantitative estimate of drug-likeness (QED) is 0.618. The van der Waals surface area contributed by atoms with Crippen molar-refractivity contribution in [1.29, 1.82) is 0 Å². The van der Waals surface area contributed by atoms with Crippen molar-refractivity contribution in [3.05, 3.63) is 0 Å². The summed E-state index contributed by atoms with van der Waals surface area (Å²) in [6.45, 7) is 9.97. The minimum atomic E-state index is -0.197. The van der Waals surface area contributed by atoms with Crippen molar-refractivity contribution >= 4 is 0 Å². The lowest BCUT2D eigenvalue weighted by Crippen LogP contribution is -2.40. The van der Waals surface area contributed by atoms with Crippen LogP contribution in [0.3, 0.4) is 0 Å². The molecular weight excluding hydrogens is 166 g/mol. The molecule has 13 heavy (non-hydrogen) atoms. The molecule has 0 aromatic carbocycles. The highest BCUT2D eigenvalue weighted by Crippen LogP contribution is 2.04. The Morgan fingerprint density at radius 3 is 2.38 bits per heavy atom. The van der Waals surface area contributed by atoms with Gasteiger partial charge in [0.15, 0.2) is 0 Å². The van der Waals surface area contributed by atoms with Gasteiger partial charge >= 0.3 is 0 Å². The van der Waals surface area contributed by atoms with E-state index in [1.807, 2.05) is 20.8 Å². The maximum atomic E-state index is 5.89. The van der Waals surface area contributed by atoms with Crippen molar-refractivity contribution in [2.24, 2.45) is 5.73 Å². The Kier molecular flexibility index (Phi) is 6.29. The van der Waals surface area contributed by atoms with Crippen molar-refractivity contribution in [2.75, 3.05) is 19.8 Å². The fraction of sp³-hybridized carbons (Fsp3) is 1.00. The van der Waals surface area contributed by atoms with E-state index in [1.165, 1.54) is 0 Å². The zero-order chi connectivity index (χ0) is 10.3. The molecule has 3 nitrogen and oxygen atoms in total. The average molecular weight is 189 g/mol. The monoisotopic (exact) mass is 189 g/mol. The Hall–Kier alpha value is -0.120. The fourth-order valence-electron chi connectivity index (χ4n) is 0.750. The Balaban J connectivity index is 3.26. The molecule has 0 aliphatic heterocycles. The lowest BCUT2D eigenvalue weighted by molar-refractivity contribution is 0.00703. The van der Waals surface area contributed by atoms with Crippen LogP contribution < -0.4 is 5.73 Å². The smallest absolute Gasteiger partial charge is 0.0703 e. The van der Waals surface area contributed by atoms with Crippen LogP contribution in [0.4, 0.5) is 0 Å². The van der Waals surface area contributed by atoms with Crippen molar-refractivity contribution in [3.8, 4) is 0 Å². The van der Waals surface area contributed by atoms with E-state index in [0.29, 0.717) is 19.8 Å². The number of nitrogens with two attached hydrogens (primary N) is 1. The first-order valence-corrected chi connectivity index (χ1v) is 4.96. The Labute approximate surface area is 81.6 Å². The number of hydrogen-bond acceptors (Lipinski definition) is 3. The van der Waals surface area contributed by atoms with Gasteiger partial charge in [-0.1, -0.05) is 6.92 Å². The van der Waals surface area contributed by atoms with E-state index in [9.17, 15) is 0 Å². The Morgan fingerprint density at radius 2 is 1.92 bits per heavy atom. The number of ether oxygens (including phenoxy) is 2. The van der Waals surface area contributed by atoms with Gasteiger partial charge in [-0.15, -0.1) is 0 Å². The van der Waals surface area contributed by atoms with Crippen molar-refractivity contribution in [2.45, 2.75) is 45.8 Å². The fourth-order valence-corrected chi connectivity index (χ4v) is 0.750. The zero-order valence-corrected chi connectivity index (χ0v) is 9.30. The molecule has 0 heterocycles. The molecule has 0 saturated carbocycles. The summed E-state index contributed by atoms with van der Waals surface area (Å²) < 4.78 is 10.7. The zero-order valence-electron chi connectivity index (χ0n) is 9.30. The second kappa shape index (κ2) is 6.35. The van der Waals surface area contributed by atoms with Gasteiger partial charge in [0.25, 0.3) is 0 Å². The normalized spacial score (nSPS) is 16.2. The summed E-state index contributed by atoms with van der Waals surface area (Å²) in [6, 6.07) is 0. The van der Waals surface area contributed by atoms with Crippen LogP contribution in [-0.2, 0) is 9.47 Å². The standard InChI is InChI=1S/C10H23NO2/c1-5-10(4,11)8-12-6-7-13-9(2)3/h9H,5-8,11H2,1-4H3. The predicted molar refractivity (Wildman–Crippen MR) is 54.8 cm³/mol. The number of rotatable bonds is 7. The maximum absolute atomic E-state index is 5.89. The molecule has 0 saturated heterocycles. The molecule has 3 heteroatoms. The molecule has 0 spiro atoms. The van der Waals surface area contributed by atoms with Gasteiger partial charge in [0, 0.05) is 5.54 Å². The Morgan fingerprint density at radius 1 is 1.31 bits per heavy atom. The summed E-state index contributed by atoms with van der Waals surface area (Å²) in [5.74, 6) is 0. The van der Waals surface area contributed by atoms with Crippen LogP contribution in [0.15, 0.2) is 0 Å². The van der Waals surface area contributed by atoms with Gasteiger partial charge in [-0.05, 0) is 27.2 Å². The summed E-state index contributed by atoms with van der Waals surface area (Å²) in [5.41, 5.74) is 5.70. The molecule has 0 aromatic rings. The van der Waals surface area contributed by atoms with Gasteiger partial charge in [-0.25, -0.2) is 0 Å². The second-order valence-electron chi connectivity index (χ2n) is 3.98. The van der Waals surface area contributed by atoms with Crippen LogP contribution in [0.5, 0.6) is 0 Å². The molecule has 0 aliphatic carbocycles. The van der Waals surface area contributed by atoms with Gasteiger partial charge in [0.2, 0.25) is 0 Å². The first kappa shape index (κ1) is 12.9. The molecule has 1 atom stereocenters. The summed E-state index contributed by atoms with van der Waals surface area (Å²) >= 11 is 0. The highest BCUT2D eigenvalue weighted by molar-refractivity contribution is 4.75. The van der Waals surface area contributed by atoms with E-state index in [1.54, 1.807) is 0 Å². The number of hydrogen-bond donors (Lipinski definition) is 1. The molecule has 0 amide bonds. The molecular formula is C10H23NO2. The van der Waals surface area contributed by atoms with Crippen LogP contribution in [0.1, 0.15) is 34.1 Å². The minimum absolute atomic E-state index is 0.197. The summed E-state index contributed by atoms with van der Waals surface area (Å²) in [5, 5.41) is 0. The minimum Gasteiger partial charge on any atom is -0.377 e. The topological polar surface area (TPSA) is 44.5 Å². The largest absolute Gasteiger partial charge is 0.377 e. The molecule has 2 N–H and O–H groups in total. The third-order valence-corrected chi connectivity index (χ3v) is 1.92. The van der Waals surface area contributed by atoms with Crippen LogP contribution in [-0.4, -0.2) is 31.5 Å². The van der Waals surface area contributed by atoms with E-state index in [-0.39, 0.29) is 11.6 Å². The predicted octanol–water partition coefficient (Wildman–Crippen LogP) is 1.56. The first-order chi connectivity index (χ1) is 5.98. The second-order valence-corrected chi connectivity index (χ2v) is 3.98. The van der Waals surface area contributed by atoms with Crippen LogP contribution >= 0.6 is 0 Å². The van der Waals surface area contributed by atoms with Crippen LogP contribution in [0.2, 0.25) is 0 Å². The van der Waals surface area contributed by atoms with Gasteiger partial charge in [0.05, 0.1) is 25.9 Å². The third kappa shape index (κ3) is 8.22. The van der Waals surface area contributed by atoms with Crippen molar-refractivity contribution in [3.63, 3.8) is 0 Å². The highest BCUT2D eigenvalue weighted by Gasteiger charge is 2.14. The van der Waals surface area contributed by atoms with E-state index < -0.39 is 0 Å². The van der Waals surface area contributed by atoms with E-state index >= 15 is 0 Å².